The zero-order chi connectivity index (χ0) is 12.6. The van der Waals surface area contributed by atoms with Crippen molar-refractivity contribution >= 4 is 16.5 Å². The molecule has 0 radical (unpaired) electrons. The number of rotatable bonds is 5. The lowest BCUT2D eigenvalue weighted by molar-refractivity contribution is 0.394. The molecule has 1 aliphatic carbocycles. The number of hydrogen-bond acceptors (Lipinski definition) is 5. The van der Waals surface area contributed by atoms with Gasteiger partial charge in [0.2, 0.25) is 5.88 Å². The van der Waals surface area contributed by atoms with Crippen LogP contribution in [0.15, 0.2) is 0 Å². The first-order valence-corrected chi connectivity index (χ1v) is 6.70. The first-order valence-electron chi connectivity index (χ1n) is 5.88. The van der Waals surface area contributed by atoms with Gasteiger partial charge in [-0.05, 0) is 11.8 Å². The maximum absolute atomic E-state index is 5.31. The van der Waals surface area contributed by atoms with Crippen molar-refractivity contribution in [3.8, 4) is 5.88 Å². The molecule has 1 heterocycles. The average Bonchev–Trinajstić information content (AvgIpc) is 2.72. The quantitative estimate of drug-likeness (QED) is 0.874. The Kier molecular flexibility index (Phi) is 3.32. The van der Waals surface area contributed by atoms with Crippen LogP contribution in [0.3, 0.4) is 0 Å². The fraction of sp³-hybridized carbons (Fsp3) is 0.750. The Bertz CT molecular complexity index is 400. The Morgan fingerprint density at radius 1 is 1.53 bits per heavy atom. The van der Waals surface area contributed by atoms with Crippen LogP contribution in [-0.2, 0) is 6.54 Å². The van der Waals surface area contributed by atoms with Crippen molar-refractivity contribution in [2.24, 2.45) is 5.41 Å². The molecular formula is C12H21N3OS. The van der Waals surface area contributed by atoms with E-state index in [2.05, 4.69) is 24.1 Å². The predicted molar refractivity (Wildman–Crippen MR) is 72.0 cm³/mol. The molecule has 0 amide bonds. The fourth-order valence-corrected chi connectivity index (χ4v) is 2.72. The van der Waals surface area contributed by atoms with Crippen LogP contribution in [-0.4, -0.2) is 32.2 Å². The number of thiazole rings is 1. The molecule has 0 saturated heterocycles. The molecule has 0 aromatic carbocycles. The summed E-state index contributed by atoms with van der Waals surface area (Å²) in [4.78, 5) is 7.64. The van der Waals surface area contributed by atoms with Crippen LogP contribution in [0.25, 0.3) is 0 Å². The van der Waals surface area contributed by atoms with E-state index in [1.54, 1.807) is 18.4 Å². The number of aromatic nitrogens is 1. The number of nitrogens with one attached hydrogen (secondary N) is 1. The summed E-state index contributed by atoms with van der Waals surface area (Å²) in [7, 11) is 5.68. The lowest BCUT2D eigenvalue weighted by Gasteiger charge is -2.06. The van der Waals surface area contributed by atoms with Crippen LogP contribution in [0.5, 0.6) is 5.88 Å². The Balaban J connectivity index is 1.99. The van der Waals surface area contributed by atoms with Gasteiger partial charge in [-0.2, -0.15) is 4.98 Å². The van der Waals surface area contributed by atoms with Crippen LogP contribution in [0.1, 0.15) is 25.1 Å². The lowest BCUT2D eigenvalue weighted by atomic mass is 10.2. The molecule has 1 saturated carbocycles. The first kappa shape index (κ1) is 12.6. The largest absolute Gasteiger partial charge is 0.480 e. The minimum absolute atomic E-state index is 0.461. The van der Waals surface area contributed by atoms with E-state index >= 15 is 0 Å². The van der Waals surface area contributed by atoms with E-state index in [0.717, 1.165) is 17.6 Å². The summed E-state index contributed by atoms with van der Waals surface area (Å²) < 4.78 is 5.31. The number of nitrogens with zero attached hydrogens (tertiary/aromatic N) is 2. The summed E-state index contributed by atoms with van der Waals surface area (Å²) in [6.45, 7) is 5.43. The SMILES string of the molecule is COc1nc(N(C)C)sc1CNC1CC1(C)C. The number of ether oxygens (including phenoxy) is 1. The second kappa shape index (κ2) is 4.46. The van der Waals surface area contributed by atoms with Gasteiger partial charge in [0.15, 0.2) is 5.13 Å². The third kappa shape index (κ3) is 2.72. The first-order chi connectivity index (χ1) is 7.94. The van der Waals surface area contributed by atoms with Crippen molar-refractivity contribution < 1.29 is 4.74 Å². The Morgan fingerprint density at radius 3 is 2.65 bits per heavy atom. The summed E-state index contributed by atoms with van der Waals surface area (Å²) in [6.07, 6.45) is 1.26. The number of methoxy groups -OCH3 is 1. The molecular weight excluding hydrogens is 234 g/mol. The molecule has 2 rings (SSSR count). The molecule has 1 fully saturated rings. The Morgan fingerprint density at radius 2 is 2.18 bits per heavy atom. The van der Waals surface area contributed by atoms with Crippen LogP contribution < -0.4 is 15.0 Å². The Hall–Kier alpha value is -0.810. The Labute approximate surface area is 107 Å². The van der Waals surface area contributed by atoms with Crippen molar-refractivity contribution in [3.63, 3.8) is 0 Å². The second-order valence-corrected chi connectivity index (χ2v) is 6.51. The van der Waals surface area contributed by atoms with Gasteiger partial charge in [0.1, 0.15) is 0 Å². The van der Waals surface area contributed by atoms with Crippen molar-refractivity contribution in [1.82, 2.24) is 10.3 Å². The zero-order valence-corrected chi connectivity index (χ0v) is 12.0. The van der Waals surface area contributed by atoms with E-state index in [1.165, 1.54) is 11.3 Å². The van der Waals surface area contributed by atoms with Gasteiger partial charge in [0, 0.05) is 26.7 Å². The van der Waals surface area contributed by atoms with Crippen LogP contribution in [0.2, 0.25) is 0 Å². The smallest absolute Gasteiger partial charge is 0.230 e. The van der Waals surface area contributed by atoms with Gasteiger partial charge in [-0.15, -0.1) is 0 Å². The molecule has 17 heavy (non-hydrogen) atoms. The third-order valence-corrected chi connectivity index (χ3v) is 4.45. The molecule has 0 aliphatic heterocycles. The van der Waals surface area contributed by atoms with Gasteiger partial charge in [-0.25, -0.2) is 0 Å². The maximum Gasteiger partial charge on any atom is 0.230 e. The standard InChI is InChI=1S/C12H21N3OS/c1-12(2)6-9(12)13-7-8-10(16-5)14-11(17-8)15(3)4/h9,13H,6-7H2,1-5H3. The molecule has 1 aromatic heterocycles. The summed E-state index contributed by atoms with van der Waals surface area (Å²) in [5.41, 5.74) is 0.461. The van der Waals surface area contributed by atoms with E-state index in [4.69, 9.17) is 4.74 Å². The minimum atomic E-state index is 0.461. The molecule has 1 N–H and O–H groups in total. The molecule has 0 spiro atoms. The average molecular weight is 255 g/mol. The van der Waals surface area contributed by atoms with Crippen molar-refractivity contribution in [2.75, 3.05) is 26.1 Å². The predicted octanol–water partition coefficient (Wildman–Crippen LogP) is 2.11. The monoisotopic (exact) mass is 255 g/mol. The van der Waals surface area contributed by atoms with Gasteiger partial charge in [0.05, 0.1) is 12.0 Å². The summed E-state index contributed by atoms with van der Waals surface area (Å²) >= 11 is 1.69. The fourth-order valence-electron chi connectivity index (χ4n) is 1.82. The highest BCUT2D eigenvalue weighted by molar-refractivity contribution is 7.15. The minimum Gasteiger partial charge on any atom is -0.480 e. The molecule has 96 valence electrons. The highest BCUT2D eigenvalue weighted by atomic mass is 32.1. The zero-order valence-electron chi connectivity index (χ0n) is 11.2. The third-order valence-electron chi connectivity index (χ3n) is 3.25. The van der Waals surface area contributed by atoms with E-state index < -0.39 is 0 Å². The van der Waals surface area contributed by atoms with Gasteiger partial charge in [-0.1, -0.05) is 25.2 Å². The van der Waals surface area contributed by atoms with Crippen molar-refractivity contribution in [1.29, 1.82) is 0 Å². The molecule has 1 aliphatic rings. The second-order valence-electron chi connectivity index (χ2n) is 5.45. The molecule has 1 unspecified atom stereocenters. The maximum atomic E-state index is 5.31. The van der Waals surface area contributed by atoms with Gasteiger partial charge in [-0.3, -0.25) is 0 Å². The van der Waals surface area contributed by atoms with E-state index in [-0.39, 0.29) is 0 Å². The number of hydrogen-bond donors (Lipinski definition) is 1. The molecule has 0 bridgehead atoms. The van der Waals surface area contributed by atoms with Crippen molar-refractivity contribution in [2.45, 2.75) is 32.9 Å². The highest BCUT2D eigenvalue weighted by Crippen LogP contribution is 2.45. The molecule has 4 nitrogen and oxygen atoms in total. The normalized spacial score (nSPS) is 21.4. The van der Waals surface area contributed by atoms with E-state index in [0.29, 0.717) is 11.5 Å². The molecule has 5 heteroatoms. The topological polar surface area (TPSA) is 37.4 Å². The summed E-state index contributed by atoms with van der Waals surface area (Å²) in [6, 6.07) is 0.636. The van der Waals surface area contributed by atoms with E-state index in [9.17, 15) is 0 Å². The molecule has 1 aromatic rings. The number of anilines is 1. The van der Waals surface area contributed by atoms with Gasteiger partial charge in [0.25, 0.3) is 0 Å². The van der Waals surface area contributed by atoms with Gasteiger partial charge >= 0.3 is 0 Å². The van der Waals surface area contributed by atoms with Gasteiger partial charge < -0.3 is 15.0 Å². The lowest BCUT2D eigenvalue weighted by Crippen LogP contribution is -2.19. The van der Waals surface area contributed by atoms with Crippen LogP contribution in [0, 0.1) is 5.41 Å². The van der Waals surface area contributed by atoms with Crippen LogP contribution in [0.4, 0.5) is 5.13 Å². The van der Waals surface area contributed by atoms with E-state index in [1.807, 2.05) is 19.0 Å². The summed E-state index contributed by atoms with van der Waals surface area (Å²) in [5.74, 6) is 0.754. The van der Waals surface area contributed by atoms with Crippen LogP contribution >= 0.6 is 11.3 Å². The molecule has 1 atom stereocenters. The van der Waals surface area contributed by atoms with Crippen molar-refractivity contribution in [3.05, 3.63) is 4.88 Å². The highest BCUT2D eigenvalue weighted by Gasteiger charge is 2.45. The summed E-state index contributed by atoms with van der Waals surface area (Å²) in [5, 5.41) is 4.56.